The van der Waals surface area contributed by atoms with Crippen LogP contribution in [0.5, 0.6) is 0 Å². The van der Waals surface area contributed by atoms with Crippen LogP contribution in [-0.2, 0) is 0 Å². The molecule has 1 nitrogen and oxygen atoms in total. The number of benzene rings is 1. The van der Waals surface area contributed by atoms with Crippen LogP contribution in [0.4, 0.5) is 14.5 Å². The van der Waals surface area contributed by atoms with Crippen LogP contribution in [0.1, 0.15) is 35.5 Å². The van der Waals surface area contributed by atoms with Crippen LogP contribution in [0.15, 0.2) is 35.0 Å². The summed E-state index contributed by atoms with van der Waals surface area (Å²) in [6, 6.07) is 7.97. The molecule has 0 saturated heterocycles. The van der Waals surface area contributed by atoms with E-state index in [9.17, 15) is 8.78 Å². The van der Waals surface area contributed by atoms with Gasteiger partial charge in [-0.1, -0.05) is 18.2 Å². The maximum atomic E-state index is 13.0. The number of hydrogen-bond donors (Lipinski definition) is 1. The lowest BCUT2D eigenvalue weighted by molar-refractivity contribution is 0.150. The van der Waals surface area contributed by atoms with E-state index in [-0.39, 0.29) is 11.5 Å². The highest BCUT2D eigenvalue weighted by atomic mass is 32.1. The number of anilines is 1. The van der Waals surface area contributed by atoms with Crippen LogP contribution in [0.2, 0.25) is 0 Å². The molecule has 2 heterocycles. The first kappa shape index (κ1) is 11.7. The summed E-state index contributed by atoms with van der Waals surface area (Å²) in [6.07, 6.45) is -1.51. The Morgan fingerprint density at radius 1 is 1.17 bits per heavy atom. The highest BCUT2D eigenvalue weighted by Crippen LogP contribution is 2.41. The van der Waals surface area contributed by atoms with E-state index in [4.69, 9.17) is 0 Å². The molecule has 1 atom stereocenters. The molecule has 1 aromatic carbocycles. The molecule has 0 spiro atoms. The summed E-state index contributed by atoms with van der Waals surface area (Å²) in [5.74, 6) is 0.0951. The van der Waals surface area contributed by atoms with Gasteiger partial charge >= 0.3 is 0 Å². The highest BCUT2D eigenvalue weighted by Gasteiger charge is 2.26. The third-order valence-corrected chi connectivity index (χ3v) is 4.20. The summed E-state index contributed by atoms with van der Waals surface area (Å²) in [6.45, 7) is 0.834. The molecule has 1 aromatic heterocycles. The van der Waals surface area contributed by atoms with E-state index in [2.05, 4.69) is 5.32 Å². The van der Waals surface area contributed by atoms with Crippen molar-refractivity contribution in [2.45, 2.75) is 18.8 Å². The van der Waals surface area contributed by atoms with E-state index in [1.165, 1.54) is 11.3 Å². The maximum Gasteiger partial charge on any atom is 0.264 e. The summed E-state index contributed by atoms with van der Waals surface area (Å²) in [5, 5.41) is 6.76. The van der Waals surface area contributed by atoms with Crippen molar-refractivity contribution in [1.82, 2.24) is 0 Å². The number of fused-ring (bicyclic) bond motifs is 1. The van der Waals surface area contributed by atoms with E-state index in [0.29, 0.717) is 0 Å². The lowest BCUT2D eigenvalue weighted by Gasteiger charge is -2.27. The van der Waals surface area contributed by atoms with Gasteiger partial charge in [-0.2, -0.15) is 11.3 Å². The minimum absolute atomic E-state index is 0.0951. The lowest BCUT2D eigenvalue weighted by atomic mass is 9.85. The van der Waals surface area contributed by atoms with Crippen molar-refractivity contribution in [1.29, 1.82) is 0 Å². The molecule has 0 aliphatic carbocycles. The average Bonchev–Trinajstić information content (AvgIpc) is 2.87. The minimum Gasteiger partial charge on any atom is -0.385 e. The Morgan fingerprint density at radius 2 is 2.00 bits per heavy atom. The molecule has 3 rings (SSSR count). The summed E-state index contributed by atoms with van der Waals surface area (Å²) >= 11 is 1.36. The largest absolute Gasteiger partial charge is 0.385 e. The monoisotopic (exact) mass is 265 g/mol. The third kappa shape index (κ3) is 1.90. The number of para-hydroxylation sites is 1. The van der Waals surface area contributed by atoms with E-state index in [1.54, 1.807) is 5.38 Å². The van der Waals surface area contributed by atoms with Crippen LogP contribution in [0.3, 0.4) is 0 Å². The van der Waals surface area contributed by atoms with Gasteiger partial charge < -0.3 is 5.32 Å². The molecule has 0 saturated carbocycles. The zero-order chi connectivity index (χ0) is 12.5. The van der Waals surface area contributed by atoms with Crippen LogP contribution in [0, 0.1) is 0 Å². The van der Waals surface area contributed by atoms with Crippen molar-refractivity contribution >= 4 is 17.0 Å². The molecular weight excluding hydrogens is 252 g/mol. The summed E-state index contributed by atoms with van der Waals surface area (Å²) < 4.78 is 26.0. The molecule has 0 fully saturated rings. The third-order valence-electron chi connectivity index (χ3n) is 3.42. The fourth-order valence-corrected chi connectivity index (χ4v) is 3.47. The highest BCUT2D eigenvalue weighted by molar-refractivity contribution is 7.08. The molecule has 0 bridgehead atoms. The first-order valence-corrected chi connectivity index (χ1v) is 6.88. The number of halogens is 2. The number of alkyl halides is 2. The van der Waals surface area contributed by atoms with Gasteiger partial charge in [-0.25, -0.2) is 8.78 Å². The van der Waals surface area contributed by atoms with Gasteiger partial charge in [0.05, 0.1) is 0 Å². The molecule has 1 unspecified atom stereocenters. The first-order chi connectivity index (χ1) is 8.77. The van der Waals surface area contributed by atoms with Crippen LogP contribution < -0.4 is 5.32 Å². The van der Waals surface area contributed by atoms with Crippen molar-refractivity contribution in [3.63, 3.8) is 0 Å². The molecule has 2 aromatic rings. The molecule has 4 heteroatoms. The average molecular weight is 265 g/mol. The summed E-state index contributed by atoms with van der Waals surface area (Å²) in [4.78, 5) is 0. The fraction of sp³-hybridized carbons (Fsp3) is 0.286. The Balaban J connectivity index is 2.06. The predicted octanol–water partition coefficient (Wildman–Crippen LogP) is 4.63. The van der Waals surface area contributed by atoms with Gasteiger partial charge in [0.25, 0.3) is 6.43 Å². The van der Waals surface area contributed by atoms with Gasteiger partial charge in [-0.3, -0.25) is 0 Å². The predicted molar refractivity (Wildman–Crippen MR) is 70.7 cm³/mol. The van der Waals surface area contributed by atoms with Crippen LogP contribution in [-0.4, -0.2) is 6.54 Å². The van der Waals surface area contributed by atoms with Gasteiger partial charge in [0, 0.05) is 23.7 Å². The van der Waals surface area contributed by atoms with Crippen molar-refractivity contribution in [3.8, 4) is 0 Å². The molecule has 1 aliphatic heterocycles. The SMILES string of the molecule is FC(F)c1cscc1C1CCNc2ccccc21. The Kier molecular flexibility index (Phi) is 3.04. The molecule has 1 aliphatic rings. The van der Waals surface area contributed by atoms with E-state index in [1.807, 2.05) is 29.6 Å². The van der Waals surface area contributed by atoms with Crippen LogP contribution >= 0.6 is 11.3 Å². The number of thiophene rings is 1. The van der Waals surface area contributed by atoms with Crippen molar-refractivity contribution in [2.75, 3.05) is 11.9 Å². The van der Waals surface area contributed by atoms with Gasteiger partial charge in [-0.15, -0.1) is 0 Å². The molecule has 18 heavy (non-hydrogen) atoms. The first-order valence-electron chi connectivity index (χ1n) is 5.94. The number of nitrogens with one attached hydrogen (secondary N) is 1. The van der Waals surface area contributed by atoms with E-state index < -0.39 is 6.43 Å². The van der Waals surface area contributed by atoms with Gasteiger partial charge in [0.15, 0.2) is 0 Å². The number of rotatable bonds is 2. The van der Waals surface area contributed by atoms with Crippen molar-refractivity contribution < 1.29 is 8.78 Å². The van der Waals surface area contributed by atoms with Crippen molar-refractivity contribution in [2.24, 2.45) is 0 Å². The quantitative estimate of drug-likeness (QED) is 0.834. The second kappa shape index (κ2) is 4.69. The van der Waals surface area contributed by atoms with E-state index in [0.717, 1.165) is 29.8 Å². The Morgan fingerprint density at radius 3 is 2.83 bits per heavy atom. The summed E-state index contributed by atoms with van der Waals surface area (Å²) in [7, 11) is 0. The summed E-state index contributed by atoms with van der Waals surface area (Å²) in [5.41, 5.74) is 3.19. The maximum absolute atomic E-state index is 13.0. The zero-order valence-corrected chi connectivity index (χ0v) is 10.5. The molecule has 1 N–H and O–H groups in total. The number of hydrogen-bond acceptors (Lipinski definition) is 2. The topological polar surface area (TPSA) is 12.0 Å². The molecule has 0 amide bonds. The second-order valence-corrected chi connectivity index (χ2v) is 5.18. The van der Waals surface area contributed by atoms with Gasteiger partial charge in [0.1, 0.15) is 0 Å². The normalized spacial score (nSPS) is 18.5. The molecule has 0 radical (unpaired) electrons. The minimum atomic E-state index is -2.38. The standard InChI is InChI=1S/C14H13F2NS/c15-14(16)12-8-18-7-11(12)9-5-6-17-13-4-2-1-3-10(9)13/h1-4,7-9,14,17H,5-6H2. The second-order valence-electron chi connectivity index (χ2n) is 4.44. The van der Waals surface area contributed by atoms with E-state index >= 15 is 0 Å². The Bertz CT molecular complexity index is 550. The Labute approximate surface area is 108 Å². The molecular formula is C14H13F2NS. The molecule has 94 valence electrons. The smallest absolute Gasteiger partial charge is 0.264 e. The zero-order valence-electron chi connectivity index (χ0n) is 9.70. The lowest BCUT2D eigenvalue weighted by Crippen LogP contribution is -2.17. The fourth-order valence-electron chi connectivity index (χ4n) is 2.57. The van der Waals surface area contributed by atoms with Gasteiger partial charge in [0.2, 0.25) is 0 Å². The van der Waals surface area contributed by atoms with Crippen molar-refractivity contribution in [3.05, 3.63) is 51.7 Å². The van der Waals surface area contributed by atoms with Gasteiger partial charge in [-0.05, 0) is 34.4 Å². The Hall–Kier alpha value is -1.42. The van der Waals surface area contributed by atoms with Crippen LogP contribution in [0.25, 0.3) is 0 Å².